The lowest BCUT2D eigenvalue weighted by molar-refractivity contribution is 0.0696. The fraction of sp³-hybridized carbons (Fsp3) is 0.125. The molecule has 0 aliphatic rings. The van der Waals surface area contributed by atoms with Crippen molar-refractivity contribution < 1.29 is 14.7 Å². The van der Waals surface area contributed by atoms with Gasteiger partial charge in [-0.2, -0.15) is 0 Å². The van der Waals surface area contributed by atoms with E-state index in [0.29, 0.717) is 16.8 Å². The first-order valence-electron chi connectivity index (χ1n) is 6.92. The Kier molecular flexibility index (Phi) is 4.50. The van der Waals surface area contributed by atoms with Crippen LogP contribution in [0.2, 0.25) is 0 Å². The summed E-state index contributed by atoms with van der Waals surface area (Å²) in [6, 6.07) is 4.62. The van der Waals surface area contributed by atoms with Crippen molar-refractivity contribution >= 4 is 50.9 Å². The van der Waals surface area contributed by atoms with Gasteiger partial charge in [0.15, 0.2) is 0 Å². The van der Waals surface area contributed by atoms with Crippen LogP contribution < -0.4 is 5.32 Å². The van der Waals surface area contributed by atoms with Crippen molar-refractivity contribution in [2.45, 2.75) is 11.9 Å². The molecule has 0 saturated heterocycles. The Morgan fingerprint density at radius 2 is 2.08 bits per heavy atom. The summed E-state index contributed by atoms with van der Waals surface area (Å²) in [6.07, 6.45) is 3.36. The topological polar surface area (TPSA) is 92.2 Å². The second-order valence-corrected chi connectivity index (χ2v) is 6.67. The van der Waals surface area contributed by atoms with Crippen LogP contribution in [0.25, 0.3) is 10.2 Å². The fourth-order valence-corrected chi connectivity index (χ4v) is 3.93. The zero-order chi connectivity index (χ0) is 17.3. The second kappa shape index (κ2) is 6.58. The zero-order valence-corrected chi connectivity index (χ0v) is 14.5. The summed E-state index contributed by atoms with van der Waals surface area (Å²) in [7, 11) is 0. The quantitative estimate of drug-likeness (QED) is 0.545. The molecule has 8 heteroatoms. The molecule has 2 aromatic heterocycles. The molecule has 0 aliphatic heterocycles. The van der Waals surface area contributed by atoms with E-state index in [1.54, 1.807) is 18.4 Å². The average molecular weight is 359 g/mol. The number of carbonyl (C=O) groups excluding carboxylic acids is 1. The number of benzene rings is 1. The van der Waals surface area contributed by atoms with E-state index in [0.717, 1.165) is 15.3 Å². The van der Waals surface area contributed by atoms with Gasteiger partial charge in [-0.3, -0.25) is 4.79 Å². The van der Waals surface area contributed by atoms with E-state index < -0.39 is 5.97 Å². The number of amides is 1. The van der Waals surface area contributed by atoms with E-state index in [-0.39, 0.29) is 11.5 Å². The van der Waals surface area contributed by atoms with Crippen molar-refractivity contribution in [3.63, 3.8) is 0 Å². The molecule has 0 unspecified atom stereocenters. The van der Waals surface area contributed by atoms with E-state index in [1.165, 1.54) is 41.6 Å². The second-order valence-electron chi connectivity index (χ2n) is 5.00. The van der Waals surface area contributed by atoms with E-state index >= 15 is 0 Å². The Morgan fingerprint density at radius 1 is 1.29 bits per heavy atom. The molecule has 0 spiro atoms. The largest absolute Gasteiger partial charge is 0.478 e. The molecule has 0 aliphatic carbocycles. The summed E-state index contributed by atoms with van der Waals surface area (Å²) in [4.78, 5) is 32.1. The van der Waals surface area contributed by atoms with Crippen LogP contribution in [0.1, 0.15) is 26.3 Å². The summed E-state index contributed by atoms with van der Waals surface area (Å²) in [5.41, 5.74) is 2.43. The minimum absolute atomic E-state index is 0.123. The molecular weight excluding hydrogens is 346 g/mol. The predicted molar refractivity (Wildman–Crippen MR) is 95.3 cm³/mol. The molecule has 2 N–H and O–H groups in total. The van der Waals surface area contributed by atoms with Gasteiger partial charge in [-0.25, -0.2) is 14.8 Å². The molecule has 0 fully saturated rings. The van der Waals surface area contributed by atoms with Crippen molar-refractivity contribution in [3.8, 4) is 0 Å². The van der Waals surface area contributed by atoms with Gasteiger partial charge in [-0.1, -0.05) is 6.07 Å². The third-order valence-electron chi connectivity index (χ3n) is 3.49. The van der Waals surface area contributed by atoms with E-state index in [1.807, 2.05) is 6.26 Å². The average Bonchev–Trinajstić information content (AvgIpc) is 3.00. The molecule has 0 saturated carbocycles. The number of aromatic nitrogens is 2. The standard InChI is InChI=1S/C16H13N3O3S2/c1-8-3-4-9(16(21)22)5-11(8)19-14(20)10-6-24-13-12(10)17-7-18-15(13)23-2/h3-7H,1-2H3,(H,19,20)(H,21,22). The van der Waals surface area contributed by atoms with Crippen LogP contribution in [0.15, 0.2) is 34.9 Å². The van der Waals surface area contributed by atoms with E-state index in [2.05, 4.69) is 15.3 Å². The Bertz CT molecular complexity index is 953. The maximum atomic E-state index is 12.6. The van der Waals surface area contributed by atoms with Crippen molar-refractivity contribution in [2.75, 3.05) is 11.6 Å². The number of anilines is 1. The third-order valence-corrected chi connectivity index (χ3v) is 5.29. The van der Waals surface area contributed by atoms with Crippen molar-refractivity contribution in [1.82, 2.24) is 9.97 Å². The summed E-state index contributed by atoms with van der Waals surface area (Å²) >= 11 is 2.91. The Labute approximate surface area is 145 Å². The smallest absolute Gasteiger partial charge is 0.335 e. The third kappa shape index (κ3) is 2.98. The van der Waals surface area contributed by atoms with Gasteiger partial charge in [-0.05, 0) is 30.9 Å². The predicted octanol–water partition coefficient (Wildman–Crippen LogP) is 3.67. The monoisotopic (exact) mass is 359 g/mol. The number of aromatic carboxylic acids is 1. The summed E-state index contributed by atoms with van der Waals surface area (Å²) in [5.74, 6) is -1.36. The number of carboxylic acid groups (broad SMARTS) is 1. The van der Waals surface area contributed by atoms with Crippen LogP contribution >= 0.6 is 23.1 Å². The summed E-state index contributed by atoms with van der Waals surface area (Å²) in [6.45, 7) is 1.81. The van der Waals surface area contributed by atoms with Gasteiger partial charge in [0.05, 0.1) is 21.3 Å². The molecule has 0 bridgehead atoms. The normalized spacial score (nSPS) is 10.8. The highest BCUT2D eigenvalue weighted by molar-refractivity contribution is 7.98. The number of thiophene rings is 1. The Hall–Kier alpha value is -2.45. The highest BCUT2D eigenvalue weighted by Gasteiger charge is 2.17. The van der Waals surface area contributed by atoms with Crippen LogP contribution in [0.5, 0.6) is 0 Å². The molecule has 3 aromatic rings. The molecule has 2 heterocycles. The van der Waals surface area contributed by atoms with E-state index in [4.69, 9.17) is 5.11 Å². The first-order valence-corrected chi connectivity index (χ1v) is 9.03. The number of hydrogen-bond donors (Lipinski definition) is 2. The number of rotatable bonds is 4. The summed E-state index contributed by atoms with van der Waals surface area (Å²) in [5, 5.41) is 14.4. The molecule has 24 heavy (non-hydrogen) atoms. The van der Waals surface area contributed by atoms with Crippen LogP contribution in [0, 0.1) is 6.92 Å². The van der Waals surface area contributed by atoms with Gasteiger partial charge < -0.3 is 10.4 Å². The number of thioether (sulfide) groups is 1. The summed E-state index contributed by atoms with van der Waals surface area (Å²) < 4.78 is 0.867. The van der Waals surface area contributed by atoms with Gasteiger partial charge in [0.2, 0.25) is 0 Å². The van der Waals surface area contributed by atoms with Crippen LogP contribution in [-0.2, 0) is 0 Å². The zero-order valence-electron chi connectivity index (χ0n) is 12.9. The number of hydrogen-bond acceptors (Lipinski definition) is 6. The maximum Gasteiger partial charge on any atom is 0.335 e. The van der Waals surface area contributed by atoms with Crippen LogP contribution in [-0.4, -0.2) is 33.2 Å². The Morgan fingerprint density at radius 3 is 2.79 bits per heavy atom. The number of nitrogens with one attached hydrogen (secondary N) is 1. The van der Waals surface area contributed by atoms with Gasteiger partial charge >= 0.3 is 5.97 Å². The minimum Gasteiger partial charge on any atom is -0.478 e. The Balaban J connectivity index is 1.96. The van der Waals surface area contributed by atoms with E-state index in [9.17, 15) is 9.59 Å². The molecule has 3 rings (SSSR count). The van der Waals surface area contributed by atoms with Crippen LogP contribution in [0.3, 0.4) is 0 Å². The molecule has 122 valence electrons. The lowest BCUT2D eigenvalue weighted by Gasteiger charge is -2.09. The van der Waals surface area contributed by atoms with Gasteiger partial charge in [0.1, 0.15) is 11.4 Å². The number of aryl methyl sites for hydroxylation is 1. The molecular formula is C16H13N3O3S2. The highest BCUT2D eigenvalue weighted by Crippen LogP contribution is 2.31. The van der Waals surface area contributed by atoms with Crippen LogP contribution in [0.4, 0.5) is 5.69 Å². The molecule has 1 aromatic carbocycles. The first kappa shape index (κ1) is 16.4. The number of carbonyl (C=O) groups is 2. The number of carboxylic acids is 1. The van der Waals surface area contributed by atoms with Crippen molar-refractivity contribution in [3.05, 3.63) is 46.6 Å². The molecule has 1 amide bonds. The van der Waals surface area contributed by atoms with Crippen molar-refractivity contribution in [2.24, 2.45) is 0 Å². The van der Waals surface area contributed by atoms with Gasteiger partial charge in [0, 0.05) is 11.1 Å². The molecule has 0 radical (unpaired) electrons. The lowest BCUT2D eigenvalue weighted by atomic mass is 10.1. The van der Waals surface area contributed by atoms with Gasteiger partial charge in [-0.15, -0.1) is 23.1 Å². The lowest BCUT2D eigenvalue weighted by Crippen LogP contribution is -2.13. The highest BCUT2D eigenvalue weighted by atomic mass is 32.2. The molecule has 0 atom stereocenters. The SMILES string of the molecule is CSc1ncnc2c(C(=O)Nc3cc(C(=O)O)ccc3C)csc12. The number of nitrogens with zero attached hydrogens (tertiary/aromatic N) is 2. The maximum absolute atomic E-state index is 12.6. The minimum atomic E-state index is -1.04. The molecule has 6 nitrogen and oxygen atoms in total. The first-order chi connectivity index (χ1) is 11.5. The van der Waals surface area contributed by atoms with Crippen molar-refractivity contribution in [1.29, 1.82) is 0 Å². The number of fused-ring (bicyclic) bond motifs is 1. The van der Waals surface area contributed by atoms with Gasteiger partial charge in [0.25, 0.3) is 5.91 Å². The fourth-order valence-electron chi connectivity index (χ4n) is 2.22.